The van der Waals surface area contributed by atoms with Gasteiger partial charge in [0.1, 0.15) is 5.75 Å². The number of carbonyl (C=O) groups excluding carboxylic acids is 2. The number of benzene rings is 1. The molecule has 0 N–H and O–H groups in total. The maximum absolute atomic E-state index is 12.6. The van der Waals surface area contributed by atoms with E-state index in [0.717, 1.165) is 37.2 Å². The SMILES string of the molecule is O=C(Cc1ccc2c(c1)CCO2)N1CCN(C(=O)C2CCCCC2)CC1. The Hall–Kier alpha value is -2.04. The van der Waals surface area contributed by atoms with Crippen molar-refractivity contribution in [3.8, 4) is 5.75 Å². The molecule has 0 unspecified atom stereocenters. The summed E-state index contributed by atoms with van der Waals surface area (Å²) >= 11 is 0. The molecule has 26 heavy (non-hydrogen) atoms. The first-order chi connectivity index (χ1) is 12.7. The van der Waals surface area contributed by atoms with Crippen LogP contribution in [0.2, 0.25) is 0 Å². The Morgan fingerprint density at radius 3 is 2.50 bits per heavy atom. The molecule has 5 nitrogen and oxygen atoms in total. The molecule has 3 aliphatic rings. The first-order valence-electron chi connectivity index (χ1n) is 10.0. The van der Waals surface area contributed by atoms with Gasteiger partial charge in [0.25, 0.3) is 0 Å². The van der Waals surface area contributed by atoms with Crippen LogP contribution in [0, 0.1) is 5.92 Å². The van der Waals surface area contributed by atoms with E-state index in [0.29, 0.717) is 38.5 Å². The molecule has 0 radical (unpaired) electrons. The zero-order valence-corrected chi connectivity index (χ0v) is 15.4. The summed E-state index contributed by atoms with van der Waals surface area (Å²) in [7, 11) is 0. The number of hydrogen-bond acceptors (Lipinski definition) is 3. The van der Waals surface area contributed by atoms with E-state index in [1.54, 1.807) is 0 Å². The Labute approximate surface area is 155 Å². The van der Waals surface area contributed by atoms with Gasteiger partial charge in [0.05, 0.1) is 13.0 Å². The fraction of sp³-hybridized carbons (Fsp3) is 0.619. The molecular formula is C21H28N2O3. The molecule has 0 spiro atoms. The van der Waals surface area contributed by atoms with Gasteiger partial charge in [-0.25, -0.2) is 0 Å². The van der Waals surface area contributed by atoms with Gasteiger partial charge in [-0.3, -0.25) is 9.59 Å². The molecule has 2 fully saturated rings. The minimum atomic E-state index is 0.161. The quantitative estimate of drug-likeness (QED) is 0.836. The number of ether oxygens (including phenoxy) is 1. The lowest BCUT2D eigenvalue weighted by atomic mass is 9.88. The van der Waals surface area contributed by atoms with Crippen LogP contribution in [0.1, 0.15) is 43.2 Å². The highest BCUT2D eigenvalue weighted by Gasteiger charge is 2.29. The van der Waals surface area contributed by atoms with E-state index >= 15 is 0 Å². The lowest BCUT2D eigenvalue weighted by Gasteiger charge is -2.37. The summed E-state index contributed by atoms with van der Waals surface area (Å²) in [5.41, 5.74) is 2.26. The Kier molecular flexibility index (Phi) is 5.14. The molecule has 5 heteroatoms. The summed E-state index contributed by atoms with van der Waals surface area (Å²) < 4.78 is 5.53. The van der Waals surface area contributed by atoms with E-state index in [4.69, 9.17) is 4.74 Å². The average molecular weight is 356 g/mol. The summed E-state index contributed by atoms with van der Waals surface area (Å²) in [5, 5.41) is 0. The molecule has 1 aromatic carbocycles. The predicted octanol–water partition coefficient (Wildman–Crippen LogP) is 2.42. The molecule has 0 atom stereocenters. The van der Waals surface area contributed by atoms with Crippen LogP contribution in [-0.4, -0.2) is 54.4 Å². The van der Waals surface area contributed by atoms with E-state index in [-0.39, 0.29) is 11.8 Å². The number of hydrogen-bond donors (Lipinski definition) is 0. The minimum Gasteiger partial charge on any atom is -0.493 e. The molecule has 1 saturated carbocycles. The van der Waals surface area contributed by atoms with Crippen LogP contribution < -0.4 is 4.74 Å². The third-order valence-electron chi connectivity index (χ3n) is 6.01. The van der Waals surface area contributed by atoms with Crippen LogP contribution in [0.5, 0.6) is 5.75 Å². The number of nitrogens with zero attached hydrogens (tertiary/aromatic N) is 2. The van der Waals surface area contributed by atoms with E-state index in [2.05, 4.69) is 6.07 Å². The van der Waals surface area contributed by atoms with Crippen molar-refractivity contribution in [2.75, 3.05) is 32.8 Å². The Bertz CT molecular complexity index is 674. The highest BCUT2D eigenvalue weighted by atomic mass is 16.5. The maximum atomic E-state index is 12.6. The number of piperazine rings is 1. The first kappa shape index (κ1) is 17.4. The standard InChI is InChI=1S/C21H28N2O3/c24-20(15-16-6-7-19-18(14-16)8-13-26-19)22-9-11-23(12-10-22)21(25)17-4-2-1-3-5-17/h6-7,14,17H,1-5,8-13,15H2. The van der Waals surface area contributed by atoms with Crippen molar-refractivity contribution in [1.82, 2.24) is 9.80 Å². The van der Waals surface area contributed by atoms with Gasteiger partial charge in [0.15, 0.2) is 0 Å². The minimum absolute atomic E-state index is 0.161. The van der Waals surface area contributed by atoms with E-state index in [1.807, 2.05) is 21.9 Å². The Morgan fingerprint density at radius 2 is 1.73 bits per heavy atom. The van der Waals surface area contributed by atoms with Gasteiger partial charge in [-0.1, -0.05) is 31.4 Å². The van der Waals surface area contributed by atoms with Crippen LogP contribution in [0.3, 0.4) is 0 Å². The molecule has 1 aliphatic carbocycles. The summed E-state index contributed by atoms with van der Waals surface area (Å²) in [6.07, 6.45) is 7.07. The lowest BCUT2D eigenvalue weighted by molar-refractivity contribution is -0.142. The van der Waals surface area contributed by atoms with Crippen LogP contribution >= 0.6 is 0 Å². The molecule has 2 amide bonds. The van der Waals surface area contributed by atoms with Crippen LogP contribution in [0.4, 0.5) is 0 Å². The van der Waals surface area contributed by atoms with E-state index < -0.39 is 0 Å². The number of amides is 2. The second-order valence-corrected chi connectivity index (χ2v) is 7.76. The zero-order chi connectivity index (χ0) is 17.9. The topological polar surface area (TPSA) is 49.9 Å². The predicted molar refractivity (Wildman–Crippen MR) is 99.1 cm³/mol. The van der Waals surface area contributed by atoms with Gasteiger partial charge < -0.3 is 14.5 Å². The van der Waals surface area contributed by atoms with Gasteiger partial charge in [0.2, 0.25) is 11.8 Å². The second kappa shape index (κ2) is 7.68. The van der Waals surface area contributed by atoms with Crippen molar-refractivity contribution in [2.45, 2.75) is 44.9 Å². The molecule has 0 aromatic heterocycles. The summed E-state index contributed by atoms with van der Waals surface area (Å²) in [5.74, 6) is 1.65. The third kappa shape index (κ3) is 3.71. The highest BCUT2D eigenvalue weighted by Crippen LogP contribution is 2.27. The summed E-state index contributed by atoms with van der Waals surface area (Å²) in [6.45, 7) is 3.42. The lowest BCUT2D eigenvalue weighted by Crippen LogP contribution is -2.52. The number of fused-ring (bicyclic) bond motifs is 1. The van der Waals surface area contributed by atoms with Crippen LogP contribution in [-0.2, 0) is 22.4 Å². The monoisotopic (exact) mass is 356 g/mol. The van der Waals surface area contributed by atoms with Gasteiger partial charge in [0, 0.05) is 38.5 Å². The van der Waals surface area contributed by atoms with E-state index in [9.17, 15) is 9.59 Å². The maximum Gasteiger partial charge on any atom is 0.227 e. The Balaban J connectivity index is 1.28. The zero-order valence-electron chi connectivity index (χ0n) is 15.4. The van der Waals surface area contributed by atoms with Gasteiger partial charge in [-0.15, -0.1) is 0 Å². The number of carbonyl (C=O) groups is 2. The third-order valence-corrected chi connectivity index (χ3v) is 6.01. The molecule has 2 aliphatic heterocycles. The van der Waals surface area contributed by atoms with Crippen LogP contribution in [0.25, 0.3) is 0 Å². The van der Waals surface area contributed by atoms with Crippen molar-refractivity contribution in [1.29, 1.82) is 0 Å². The summed E-state index contributed by atoms with van der Waals surface area (Å²) in [4.78, 5) is 29.2. The van der Waals surface area contributed by atoms with E-state index in [1.165, 1.54) is 24.8 Å². The molecule has 140 valence electrons. The van der Waals surface area contributed by atoms with Crippen LogP contribution in [0.15, 0.2) is 18.2 Å². The average Bonchev–Trinajstić information content (AvgIpc) is 3.16. The highest BCUT2D eigenvalue weighted by molar-refractivity contribution is 5.81. The molecule has 1 saturated heterocycles. The molecule has 0 bridgehead atoms. The fourth-order valence-electron chi connectivity index (χ4n) is 4.42. The van der Waals surface area contributed by atoms with Gasteiger partial charge in [-0.2, -0.15) is 0 Å². The summed E-state index contributed by atoms with van der Waals surface area (Å²) in [6, 6.07) is 6.07. The van der Waals surface area contributed by atoms with Crippen molar-refractivity contribution >= 4 is 11.8 Å². The smallest absolute Gasteiger partial charge is 0.227 e. The normalized spacial score (nSPS) is 20.6. The molecule has 2 heterocycles. The fourth-order valence-corrected chi connectivity index (χ4v) is 4.42. The Morgan fingerprint density at radius 1 is 1.00 bits per heavy atom. The van der Waals surface area contributed by atoms with Gasteiger partial charge in [-0.05, 0) is 30.0 Å². The molecular weight excluding hydrogens is 328 g/mol. The van der Waals surface area contributed by atoms with Crippen molar-refractivity contribution < 1.29 is 14.3 Å². The first-order valence-corrected chi connectivity index (χ1v) is 10.0. The van der Waals surface area contributed by atoms with Crippen molar-refractivity contribution in [3.05, 3.63) is 29.3 Å². The van der Waals surface area contributed by atoms with Crippen molar-refractivity contribution in [2.24, 2.45) is 5.92 Å². The molecule has 1 aromatic rings. The largest absolute Gasteiger partial charge is 0.493 e. The van der Waals surface area contributed by atoms with Gasteiger partial charge >= 0.3 is 0 Å². The number of rotatable bonds is 3. The van der Waals surface area contributed by atoms with Crippen molar-refractivity contribution in [3.63, 3.8) is 0 Å². The molecule has 4 rings (SSSR count). The second-order valence-electron chi connectivity index (χ2n) is 7.76.